The third-order valence-corrected chi connectivity index (χ3v) is 3.75. The number of rotatable bonds is 6. The molecule has 2 heterocycles. The fraction of sp³-hybridized carbons (Fsp3) is 0.714. The fourth-order valence-electron chi connectivity index (χ4n) is 2.35. The van der Waals surface area contributed by atoms with Gasteiger partial charge in [0.1, 0.15) is 11.5 Å². The molecule has 1 aliphatic rings. The summed E-state index contributed by atoms with van der Waals surface area (Å²) in [5.41, 5.74) is -0.0154. The lowest BCUT2D eigenvalue weighted by Crippen LogP contribution is -2.41. The molecule has 2 rings (SSSR count). The minimum absolute atomic E-state index is 0.0154. The van der Waals surface area contributed by atoms with E-state index in [9.17, 15) is 5.11 Å². The monoisotopic (exact) mass is 253 g/mol. The third kappa shape index (κ3) is 3.34. The van der Waals surface area contributed by atoms with Crippen LogP contribution < -0.4 is 5.32 Å². The van der Waals surface area contributed by atoms with E-state index >= 15 is 0 Å². The summed E-state index contributed by atoms with van der Waals surface area (Å²) in [5, 5.41) is 13.0. The van der Waals surface area contributed by atoms with E-state index in [1.165, 1.54) is 0 Å². The summed E-state index contributed by atoms with van der Waals surface area (Å²) >= 11 is 0. The average molecular weight is 253 g/mol. The van der Waals surface area contributed by atoms with Gasteiger partial charge >= 0.3 is 0 Å². The number of aryl methyl sites for hydroxylation is 1. The number of ether oxygens (including phenoxy) is 1. The molecule has 0 aliphatic carbocycles. The maximum absolute atomic E-state index is 9.56. The number of furan rings is 1. The van der Waals surface area contributed by atoms with Crippen LogP contribution in [0.5, 0.6) is 0 Å². The van der Waals surface area contributed by atoms with Crippen LogP contribution in [0, 0.1) is 5.41 Å². The van der Waals surface area contributed by atoms with Crippen LogP contribution in [0.25, 0.3) is 0 Å². The van der Waals surface area contributed by atoms with Gasteiger partial charge in [-0.1, -0.05) is 6.92 Å². The molecule has 0 atom stereocenters. The first-order valence-electron chi connectivity index (χ1n) is 6.75. The summed E-state index contributed by atoms with van der Waals surface area (Å²) < 4.78 is 11.0. The van der Waals surface area contributed by atoms with E-state index in [2.05, 4.69) is 12.2 Å². The molecule has 1 aliphatic heterocycles. The Morgan fingerprint density at radius 3 is 2.61 bits per heavy atom. The highest BCUT2D eigenvalue weighted by atomic mass is 16.5. The Morgan fingerprint density at radius 2 is 2.00 bits per heavy atom. The van der Waals surface area contributed by atoms with Crippen LogP contribution in [0.2, 0.25) is 0 Å². The fourth-order valence-corrected chi connectivity index (χ4v) is 2.35. The Kier molecular flexibility index (Phi) is 4.80. The maximum atomic E-state index is 9.56. The topological polar surface area (TPSA) is 54.6 Å². The van der Waals surface area contributed by atoms with E-state index in [1.54, 1.807) is 0 Å². The molecule has 4 nitrogen and oxygen atoms in total. The highest BCUT2D eigenvalue weighted by molar-refractivity contribution is 5.06. The molecule has 0 saturated carbocycles. The molecule has 0 unspecified atom stereocenters. The molecule has 1 aromatic rings. The van der Waals surface area contributed by atoms with Crippen LogP contribution in [0.15, 0.2) is 16.5 Å². The zero-order chi connectivity index (χ0) is 12.8. The van der Waals surface area contributed by atoms with Crippen molar-refractivity contribution >= 4 is 0 Å². The zero-order valence-corrected chi connectivity index (χ0v) is 11.1. The van der Waals surface area contributed by atoms with Crippen LogP contribution in [0.4, 0.5) is 0 Å². The van der Waals surface area contributed by atoms with E-state index in [4.69, 9.17) is 9.15 Å². The first-order valence-corrected chi connectivity index (χ1v) is 6.75. The Hall–Kier alpha value is -0.840. The number of aliphatic hydroxyl groups excluding tert-OH is 1. The van der Waals surface area contributed by atoms with Crippen molar-refractivity contribution in [3.63, 3.8) is 0 Å². The highest BCUT2D eigenvalue weighted by Gasteiger charge is 2.31. The highest BCUT2D eigenvalue weighted by Crippen LogP contribution is 2.29. The summed E-state index contributed by atoms with van der Waals surface area (Å²) in [6.07, 6.45) is 2.78. The van der Waals surface area contributed by atoms with Gasteiger partial charge in [0.15, 0.2) is 0 Å². The van der Waals surface area contributed by atoms with Gasteiger partial charge in [0.05, 0.1) is 13.2 Å². The Labute approximate surface area is 108 Å². The van der Waals surface area contributed by atoms with Gasteiger partial charge in [-0.2, -0.15) is 0 Å². The lowest BCUT2D eigenvalue weighted by Gasteiger charge is -2.35. The minimum atomic E-state index is -0.0154. The van der Waals surface area contributed by atoms with Crippen LogP contribution in [-0.4, -0.2) is 31.5 Å². The molecule has 0 aromatic carbocycles. The minimum Gasteiger partial charge on any atom is -0.465 e. The Bertz CT molecular complexity index is 356. The Balaban J connectivity index is 1.79. The second kappa shape index (κ2) is 6.36. The van der Waals surface area contributed by atoms with Crippen molar-refractivity contribution in [1.82, 2.24) is 5.32 Å². The SMILES string of the molecule is CCc1ccc(CNCC2(CO)CCOCC2)o1. The number of aliphatic hydroxyl groups is 1. The van der Waals surface area contributed by atoms with Crippen molar-refractivity contribution in [2.75, 3.05) is 26.4 Å². The predicted octanol–water partition coefficient (Wildman–Crippen LogP) is 1.72. The van der Waals surface area contributed by atoms with Crippen LogP contribution in [0.1, 0.15) is 31.3 Å². The molecule has 1 fully saturated rings. The molecular weight excluding hydrogens is 230 g/mol. The molecule has 1 saturated heterocycles. The van der Waals surface area contributed by atoms with Gasteiger partial charge in [-0.15, -0.1) is 0 Å². The lowest BCUT2D eigenvalue weighted by molar-refractivity contribution is -0.0155. The third-order valence-electron chi connectivity index (χ3n) is 3.75. The molecule has 0 amide bonds. The summed E-state index contributed by atoms with van der Waals surface area (Å²) in [7, 11) is 0. The molecule has 0 radical (unpaired) electrons. The summed E-state index contributed by atoms with van der Waals surface area (Å²) in [6, 6.07) is 4.04. The molecule has 0 spiro atoms. The quantitative estimate of drug-likeness (QED) is 0.810. The molecule has 4 heteroatoms. The van der Waals surface area contributed by atoms with E-state index in [1.807, 2.05) is 12.1 Å². The first-order chi connectivity index (χ1) is 8.78. The lowest BCUT2D eigenvalue weighted by atomic mass is 9.81. The first kappa shape index (κ1) is 13.6. The van der Waals surface area contributed by atoms with E-state index < -0.39 is 0 Å². The van der Waals surface area contributed by atoms with Gasteiger partial charge < -0.3 is 19.6 Å². The van der Waals surface area contributed by atoms with Crippen molar-refractivity contribution in [1.29, 1.82) is 0 Å². The van der Waals surface area contributed by atoms with Crippen molar-refractivity contribution in [2.45, 2.75) is 32.7 Å². The van der Waals surface area contributed by atoms with Crippen LogP contribution in [-0.2, 0) is 17.7 Å². The summed E-state index contributed by atoms with van der Waals surface area (Å²) in [4.78, 5) is 0. The smallest absolute Gasteiger partial charge is 0.117 e. The van der Waals surface area contributed by atoms with Crippen LogP contribution >= 0.6 is 0 Å². The number of hydrogen-bond donors (Lipinski definition) is 2. The summed E-state index contributed by atoms with van der Waals surface area (Å²) in [6.45, 7) is 5.35. The van der Waals surface area contributed by atoms with Crippen LogP contribution in [0.3, 0.4) is 0 Å². The predicted molar refractivity (Wildman–Crippen MR) is 69.4 cm³/mol. The average Bonchev–Trinajstić information content (AvgIpc) is 2.88. The molecule has 1 aromatic heterocycles. The van der Waals surface area contributed by atoms with Gasteiger partial charge in [0.25, 0.3) is 0 Å². The normalized spacial score (nSPS) is 19.0. The molecule has 0 bridgehead atoms. The second-order valence-corrected chi connectivity index (χ2v) is 5.10. The van der Waals surface area contributed by atoms with Gasteiger partial charge in [-0.25, -0.2) is 0 Å². The second-order valence-electron chi connectivity index (χ2n) is 5.10. The number of hydrogen-bond acceptors (Lipinski definition) is 4. The Morgan fingerprint density at radius 1 is 1.28 bits per heavy atom. The van der Waals surface area contributed by atoms with Gasteiger partial charge in [-0.3, -0.25) is 0 Å². The van der Waals surface area contributed by atoms with E-state index in [-0.39, 0.29) is 12.0 Å². The number of nitrogens with one attached hydrogen (secondary N) is 1. The van der Waals surface area contributed by atoms with E-state index in [0.717, 1.165) is 57.1 Å². The maximum Gasteiger partial charge on any atom is 0.117 e. The molecule has 102 valence electrons. The molecule has 18 heavy (non-hydrogen) atoms. The van der Waals surface area contributed by atoms with Gasteiger partial charge in [0, 0.05) is 31.6 Å². The standard InChI is InChI=1S/C14H23NO3/c1-2-12-3-4-13(18-12)9-15-10-14(11-16)5-7-17-8-6-14/h3-4,15-16H,2,5-11H2,1H3. The summed E-state index contributed by atoms with van der Waals surface area (Å²) in [5.74, 6) is 1.99. The molecular formula is C14H23NO3. The van der Waals surface area contributed by atoms with E-state index in [0.29, 0.717) is 0 Å². The van der Waals surface area contributed by atoms with Crippen molar-refractivity contribution in [2.24, 2.45) is 5.41 Å². The largest absolute Gasteiger partial charge is 0.465 e. The zero-order valence-electron chi connectivity index (χ0n) is 11.1. The van der Waals surface area contributed by atoms with Crippen molar-refractivity contribution < 1.29 is 14.3 Å². The molecule has 2 N–H and O–H groups in total. The van der Waals surface area contributed by atoms with Gasteiger partial charge in [0.2, 0.25) is 0 Å². The van der Waals surface area contributed by atoms with Crippen molar-refractivity contribution in [3.05, 3.63) is 23.7 Å². The van der Waals surface area contributed by atoms with Gasteiger partial charge in [-0.05, 0) is 25.0 Å². The van der Waals surface area contributed by atoms with Crippen molar-refractivity contribution in [3.8, 4) is 0 Å².